The molecule has 2 aromatic heterocycles. The molecule has 0 unspecified atom stereocenters. The molecule has 2 aliphatic rings. The molecular formula is C18H21N3O2S. The Hall–Kier alpha value is -1.76. The van der Waals surface area contributed by atoms with Crippen LogP contribution in [0.25, 0.3) is 0 Å². The zero-order valence-corrected chi connectivity index (χ0v) is 14.2. The van der Waals surface area contributed by atoms with E-state index in [-0.39, 0.29) is 18.1 Å². The summed E-state index contributed by atoms with van der Waals surface area (Å²) < 4.78 is 6.12. The van der Waals surface area contributed by atoms with Gasteiger partial charge < -0.3 is 10.1 Å². The van der Waals surface area contributed by atoms with Crippen LogP contribution in [0, 0.1) is 0 Å². The molecule has 1 amide bonds. The fraction of sp³-hybridized carbons (Fsp3) is 0.444. The number of hydrogen-bond acceptors (Lipinski definition) is 5. The summed E-state index contributed by atoms with van der Waals surface area (Å²) in [5.41, 5.74) is 2.09. The normalized spacial score (nSPS) is 26.9. The van der Waals surface area contributed by atoms with Crippen molar-refractivity contribution in [3.05, 3.63) is 46.9 Å². The second kappa shape index (κ2) is 7.01. The number of nitrogens with zero attached hydrogens (tertiary/aromatic N) is 2. The fourth-order valence-corrected chi connectivity index (χ4v) is 4.34. The molecule has 0 spiro atoms. The maximum Gasteiger partial charge on any atom is 0.253 e. The number of amides is 1. The molecule has 2 saturated heterocycles. The first kappa shape index (κ1) is 15.7. The smallest absolute Gasteiger partial charge is 0.253 e. The first-order valence-electron chi connectivity index (χ1n) is 8.41. The number of carbonyl (C=O) groups is 1. The van der Waals surface area contributed by atoms with Crippen molar-refractivity contribution in [1.82, 2.24) is 9.88 Å². The number of carbonyl (C=O) groups excluding carboxylic acids is 1. The van der Waals surface area contributed by atoms with E-state index in [4.69, 9.17) is 4.74 Å². The lowest BCUT2D eigenvalue weighted by molar-refractivity contribution is -0.138. The molecule has 2 fully saturated rings. The molecule has 0 bridgehead atoms. The van der Waals surface area contributed by atoms with Gasteiger partial charge in [-0.05, 0) is 53.8 Å². The van der Waals surface area contributed by atoms with Gasteiger partial charge in [0.1, 0.15) is 6.10 Å². The molecular weight excluding hydrogens is 322 g/mol. The van der Waals surface area contributed by atoms with Gasteiger partial charge in [-0.1, -0.05) is 0 Å². The topological polar surface area (TPSA) is 54.5 Å². The van der Waals surface area contributed by atoms with Crippen LogP contribution in [0.3, 0.4) is 0 Å². The molecule has 4 heterocycles. The van der Waals surface area contributed by atoms with Gasteiger partial charge in [0, 0.05) is 25.3 Å². The van der Waals surface area contributed by atoms with Gasteiger partial charge in [-0.3, -0.25) is 14.7 Å². The van der Waals surface area contributed by atoms with Gasteiger partial charge >= 0.3 is 0 Å². The van der Waals surface area contributed by atoms with Gasteiger partial charge in [0.2, 0.25) is 0 Å². The first-order chi connectivity index (χ1) is 11.8. The summed E-state index contributed by atoms with van der Waals surface area (Å²) in [5, 5.41) is 7.23. The number of rotatable bonds is 4. The molecule has 24 heavy (non-hydrogen) atoms. The molecule has 4 rings (SSSR count). The standard InChI is InChI=1S/C18H21N3O2S/c22-18(20-14-2-1-7-19-10-14)17-4-3-15-16(23-17)5-8-21(15)11-13-6-9-24-12-13/h1-2,6-7,9-10,12,15-17H,3-5,8,11H2,(H,20,22)/t15-,16-,17-/m1/s1. The van der Waals surface area contributed by atoms with Crippen molar-refractivity contribution in [3.8, 4) is 0 Å². The highest BCUT2D eigenvalue weighted by Crippen LogP contribution is 2.33. The SMILES string of the molecule is O=C(Nc1cccnc1)[C@H]1CC[C@@H]2[C@@H](CCN2Cc2ccsc2)O1. The summed E-state index contributed by atoms with van der Waals surface area (Å²) in [5.74, 6) is -0.0577. The average Bonchev–Trinajstić information content (AvgIpc) is 3.26. The van der Waals surface area contributed by atoms with Crippen LogP contribution in [0.15, 0.2) is 41.4 Å². The average molecular weight is 343 g/mol. The summed E-state index contributed by atoms with van der Waals surface area (Å²) in [6, 6.07) is 6.28. The summed E-state index contributed by atoms with van der Waals surface area (Å²) in [6.07, 6.45) is 5.95. The van der Waals surface area contributed by atoms with Gasteiger partial charge in [-0.15, -0.1) is 0 Å². The number of nitrogens with one attached hydrogen (secondary N) is 1. The van der Waals surface area contributed by atoms with E-state index in [0.29, 0.717) is 6.04 Å². The van der Waals surface area contributed by atoms with Crippen molar-refractivity contribution < 1.29 is 9.53 Å². The van der Waals surface area contributed by atoms with E-state index in [0.717, 1.165) is 38.0 Å². The maximum absolute atomic E-state index is 12.4. The number of fused-ring (bicyclic) bond motifs is 1. The van der Waals surface area contributed by atoms with Crippen molar-refractivity contribution >= 4 is 22.9 Å². The summed E-state index contributed by atoms with van der Waals surface area (Å²) in [6.45, 7) is 2.03. The highest BCUT2D eigenvalue weighted by Gasteiger charge is 2.41. The number of likely N-dealkylation sites (tertiary alicyclic amines) is 1. The largest absolute Gasteiger partial charge is 0.363 e. The lowest BCUT2D eigenvalue weighted by Crippen LogP contribution is -2.46. The molecule has 3 atom stereocenters. The molecule has 0 saturated carbocycles. The Labute approximate surface area is 145 Å². The van der Waals surface area contributed by atoms with Crippen LogP contribution in [-0.2, 0) is 16.1 Å². The number of aromatic nitrogens is 1. The van der Waals surface area contributed by atoms with Gasteiger partial charge in [0.05, 0.1) is 18.0 Å². The Bertz CT molecular complexity index is 677. The van der Waals surface area contributed by atoms with Gasteiger partial charge in [-0.2, -0.15) is 11.3 Å². The van der Waals surface area contributed by atoms with E-state index in [1.807, 2.05) is 12.1 Å². The Morgan fingerprint density at radius 2 is 2.33 bits per heavy atom. The van der Waals surface area contributed by atoms with Gasteiger partial charge in [0.25, 0.3) is 5.91 Å². The molecule has 0 aromatic carbocycles. The molecule has 0 aliphatic carbocycles. The van der Waals surface area contributed by atoms with Gasteiger partial charge in [-0.25, -0.2) is 0 Å². The lowest BCUT2D eigenvalue weighted by Gasteiger charge is -2.35. The quantitative estimate of drug-likeness (QED) is 0.927. The molecule has 2 aromatic rings. The molecule has 5 nitrogen and oxygen atoms in total. The second-order valence-electron chi connectivity index (χ2n) is 6.43. The van der Waals surface area contributed by atoms with E-state index in [1.54, 1.807) is 23.7 Å². The van der Waals surface area contributed by atoms with E-state index in [9.17, 15) is 4.79 Å². The van der Waals surface area contributed by atoms with Crippen LogP contribution in [0.5, 0.6) is 0 Å². The van der Waals surface area contributed by atoms with Crippen LogP contribution >= 0.6 is 11.3 Å². The van der Waals surface area contributed by atoms with Crippen LogP contribution in [0.1, 0.15) is 24.8 Å². The van der Waals surface area contributed by atoms with Crippen molar-refractivity contribution in [3.63, 3.8) is 0 Å². The zero-order chi connectivity index (χ0) is 16.4. The van der Waals surface area contributed by atoms with Crippen LogP contribution in [-0.4, -0.2) is 40.6 Å². The second-order valence-corrected chi connectivity index (χ2v) is 7.21. The van der Waals surface area contributed by atoms with E-state index in [1.165, 1.54) is 5.56 Å². The number of ether oxygens (including phenoxy) is 1. The van der Waals surface area contributed by atoms with Crippen molar-refractivity contribution in [2.45, 2.75) is 44.1 Å². The predicted molar refractivity (Wildman–Crippen MR) is 93.9 cm³/mol. The fourth-order valence-electron chi connectivity index (χ4n) is 3.68. The van der Waals surface area contributed by atoms with Crippen LogP contribution < -0.4 is 5.32 Å². The first-order valence-corrected chi connectivity index (χ1v) is 9.35. The summed E-state index contributed by atoms with van der Waals surface area (Å²) in [4.78, 5) is 18.9. The van der Waals surface area contributed by atoms with Crippen LogP contribution in [0.4, 0.5) is 5.69 Å². The Balaban J connectivity index is 1.34. The highest BCUT2D eigenvalue weighted by molar-refractivity contribution is 7.07. The Kier molecular flexibility index (Phi) is 4.60. The Morgan fingerprint density at radius 3 is 3.12 bits per heavy atom. The number of anilines is 1. The Morgan fingerprint density at radius 1 is 1.38 bits per heavy atom. The van der Waals surface area contributed by atoms with Crippen molar-refractivity contribution in [1.29, 1.82) is 0 Å². The molecule has 2 aliphatic heterocycles. The minimum atomic E-state index is -0.354. The molecule has 1 N–H and O–H groups in total. The third-order valence-electron chi connectivity index (χ3n) is 4.85. The molecule has 6 heteroatoms. The molecule has 0 radical (unpaired) electrons. The summed E-state index contributed by atoms with van der Waals surface area (Å²) >= 11 is 1.74. The third-order valence-corrected chi connectivity index (χ3v) is 5.58. The number of pyridine rings is 1. The molecule has 126 valence electrons. The minimum absolute atomic E-state index is 0.0577. The van der Waals surface area contributed by atoms with Gasteiger partial charge in [0.15, 0.2) is 0 Å². The van der Waals surface area contributed by atoms with E-state index < -0.39 is 0 Å². The number of thiophene rings is 1. The van der Waals surface area contributed by atoms with E-state index >= 15 is 0 Å². The minimum Gasteiger partial charge on any atom is -0.363 e. The van der Waals surface area contributed by atoms with E-state index in [2.05, 4.69) is 32.0 Å². The highest BCUT2D eigenvalue weighted by atomic mass is 32.1. The maximum atomic E-state index is 12.4. The number of hydrogen-bond donors (Lipinski definition) is 1. The monoisotopic (exact) mass is 343 g/mol. The zero-order valence-electron chi connectivity index (χ0n) is 13.4. The summed E-state index contributed by atoms with van der Waals surface area (Å²) in [7, 11) is 0. The lowest BCUT2D eigenvalue weighted by atomic mass is 9.98. The predicted octanol–water partition coefficient (Wildman–Crippen LogP) is 2.90. The third kappa shape index (κ3) is 3.36. The van der Waals surface area contributed by atoms with Crippen molar-refractivity contribution in [2.75, 3.05) is 11.9 Å². The van der Waals surface area contributed by atoms with Crippen molar-refractivity contribution in [2.24, 2.45) is 0 Å². The van der Waals surface area contributed by atoms with Crippen LogP contribution in [0.2, 0.25) is 0 Å².